The number of carboxylic acid groups (broad SMARTS) is 1. The van der Waals surface area contributed by atoms with Crippen LogP contribution in [0.15, 0.2) is 27.6 Å². The Labute approximate surface area is 112 Å². The predicted molar refractivity (Wildman–Crippen MR) is 64.2 cm³/mol. The number of rotatable bonds is 1. The molecule has 2 N–H and O–H groups in total. The molecule has 0 atom stereocenters. The van der Waals surface area contributed by atoms with Crippen molar-refractivity contribution in [2.45, 2.75) is 6.18 Å². The van der Waals surface area contributed by atoms with Gasteiger partial charge in [0.15, 0.2) is 0 Å². The van der Waals surface area contributed by atoms with Crippen molar-refractivity contribution in [3.05, 3.63) is 44.2 Å². The number of benzene rings is 1. The highest BCUT2D eigenvalue weighted by atomic mass is 79.9. The van der Waals surface area contributed by atoms with Crippen LogP contribution in [-0.2, 0) is 6.18 Å². The standard InChI is InChI=1S/C11H5BrF3NO3/c12-7-2-4(11(13,14)15)1-5-8(7)16-3-6(9(5)17)10(18)19/h1-3H,(H,16,17)(H,18,19). The smallest absolute Gasteiger partial charge is 0.416 e. The van der Waals surface area contributed by atoms with E-state index in [-0.39, 0.29) is 15.4 Å². The van der Waals surface area contributed by atoms with E-state index in [1.165, 1.54) is 0 Å². The van der Waals surface area contributed by atoms with E-state index in [4.69, 9.17) is 5.11 Å². The Morgan fingerprint density at radius 2 is 1.95 bits per heavy atom. The molecule has 0 amide bonds. The van der Waals surface area contributed by atoms with Crippen LogP contribution in [0.4, 0.5) is 13.2 Å². The summed E-state index contributed by atoms with van der Waals surface area (Å²) in [6.07, 6.45) is -3.67. The lowest BCUT2D eigenvalue weighted by Crippen LogP contribution is -2.16. The number of fused-ring (bicyclic) bond motifs is 1. The first-order valence-electron chi connectivity index (χ1n) is 4.87. The number of pyridine rings is 1. The number of halogens is 4. The number of alkyl halides is 3. The lowest BCUT2D eigenvalue weighted by Gasteiger charge is -2.09. The van der Waals surface area contributed by atoms with Crippen molar-refractivity contribution in [2.75, 3.05) is 0 Å². The zero-order valence-electron chi connectivity index (χ0n) is 9.01. The van der Waals surface area contributed by atoms with Gasteiger partial charge in [0.2, 0.25) is 5.43 Å². The zero-order valence-corrected chi connectivity index (χ0v) is 10.6. The van der Waals surface area contributed by atoms with E-state index in [1.807, 2.05) is 0 Å². The molecule has 1 heterocycles. The fraction of sp³-hybridized carbons (Fsp3) is 0.0909. The molecule has 1 aromatic carbocycles. The summed E-state index contributed by atoms with van der Waals surface area (Å²) in [6, 6.07) is 1.45. The Balaban J connectivity index is 2.89. The number of hydrogen-bond donors (Lipinski definition) is 2. The highest BCUT2D eigenvalue weighted by Crippen LogP contribution is 2.33. The monoisotopic (exact) mass is 335 g/mol. The molecule has 0 spiro atoms. The van der Waals surface area contributed by atoms with Crippen LogP contribution in [0.1, 0.15) is 15.9 Å². The van der Waals surface area contributed by atoms with Gasteiger partial charge in [-0.3, -0.25) is 4.79 Å². The van der Waals surface area contributed by atoms with E-state index in [2.05, 4.69) is 20.9 Å². The van der Waals surface area contributed by atoms with Crippen molar-refractivity contribution in [2.24, 2.45) is 0 Å². The second-order valence-electron chi connectivity index (χ2n) is 3.72. The Morgan fingerprint density at radius 3 is 2.47 bits per heavy atom. The molecule has 0 radical (unpaired) electrons. The molecule has 1 aromatic heterocycles. The quantitative estimate of drug-likeness (QED) is 0.841. The molecule has 2 rings (SSSR count). The van der Waals surface area contributed by atoms with E-state index in [9.17, 15) is 22.8 Å². The number of nitrogens with one attached hydrogen (secondary N) is 1. The molecule has 0 saturated heterocycles. The van der Waals surface area contributed by atoms with Crippen LogP contribution in [0.5, 0.6) is 0 Å². The fourth-order valence-corrected chi connectivity index (χ4v) is 2.18. The number of aromatic carboxylic acids is 1. The summed E-state index contributed by atoms with van der Waals surface area (Å²) in [5.74, 6) is -1.50. The first-order chi connectivity index (χ1) is 8.71. The van der Waals surface area contributed by atoms with Crippen LogP contribution in [0.2, 0.25) is 0 Å². The van der Waals surface area contributed by atoms with Gasteiger partial charge in [-0.25, -0.2) is 4.79 Å². The van der Waals surface area contributed by atoms with E-state index in [1.54, 1.807) is 0 Å². The zero-order chi connectivity index (χ0) is 14.4. The van der Waals surface area contributed by atoms with Gasteiger partial charge in [-0.2, -0.15) is 13.2 Å². The van der Waals surface area contributed by atoms with Gasteiger partial charge in [0.25, 0.3) is 0 Å². The van der Waals surface area contributed by atoms with Crippen LogP contribution in [0.25, 0.3) is 10.9 Å². The first kappa shape index (κ1) is 13.6. The largest absolute Gasteiger partial charge is 0.477 e. The minimum atomic E-state index is -4.62. The number of hydrogen-bond acceptors (Lipinski definition) is 2. The summed E-state index contributed by atoms with van der Waals surface area (Å²) in [5.41, 5.74) is -2.49. The Morgan fingerprint density at radius 1 is 1.32 bits per heavy atom. The van der Waals surface area contributed by atoms with E-state index in [0.29, 0.717) is 6.07 Å². The van der Waals surface area contributed by atoms with Crippen LogP contribution < -0.4 is 5.43 Å². The van der Waals surface area contributed by atoms with Crippen molar-refractivity contribution < 1.29 is 23.1 Å². The van der Waals surface area contributed by atoms with Gasteiger partial charge in [0.05, 0.1) is 11.1 Å². The summed E-state index contributed by atoms with van der Waals surface area (Å²) in [4.78, 5) is 25.1. The molecule has 0 bridgehead atoms. The van der Waals surface area contributed by atoms with E-state index >= 15 is 0 Å². The maximum absolute atomic E-state index is 12.6. The van der Waals surface area contributed by atoms with Gasteiger partial charge in [-0.05, 0) is 28.1 Å². The first-order valence-corrected chi connectivity index (χ1v) is 5.66. The number of aromatic nitrogens is 1. The number of carboxylic acids is 1. The molecule has 0 aliphatic carbocycles. The van der Waals surface area contributed by atoms with E-state index in [0.717, 1.165) is 12.3 Å². The maximum Gasteiger partial charge on any atom is 0.416 e. The summed E-state index contributed by atoms with van der Waals surface area (Å²) in [5, 5.41) is 8.44. The average Bonchev–Trinajstić information content (AvgIpc) is 2.28. The summed E-state index contributed by atoms with van der Waals surface area (Å²) >= 11 is 2.92. The molecule has 100 valence electrons. The third-order valence-corrected chi connectivity index (χ3v) is 3.12. The Hall–Kier alpha value is -1.83. The Kier molecular flexibility index (Phi) is 3.13. The van der Waals surface area contributed by atoms with Gasteiger partial charge >= 0.3 is 12.1 Å². The highest BCUT2D eigenvalue weighted by Gasteiger charge is 2.31. The lowest BCUT2D eigenvalue weighted by atomic mass is 10.1. The van der Waals surface area contributed by atoms with Crippen LogP contribution in [-0.4, -0.2) is 16.1 Å². The SMILES string of the molecule is O=C(O)c1c[nH]c2c(Br)cc(C(F)(F)F)cc2c1=O. The number of aromatic amines is 1. The van der Waals surface area contributed by atoms with Gasteiger partial charge in [0, 0.05) is 16.1 Å². The molecule has 0 saturated carbocycles. The molecule has 19 heavy (non-hydrogen) atoms. The number of H-pyrrole nitrogens is 1. The van der Waals surface area contributed by atoms with Gasteiger partial charge < -0.3 is 10.1 Å². The van der Waals surface area contributed by atoms with Crippen LogP contribution in [0, 0.1) is 0 Å². The topological polar surface area (TPSA) is 70.2 Å². The highest BCUT2D eigenvalue weighted by molar-refractivity contribution is 9.10. The van der Waals surface area contributed by atoms with Crippen molar-refractivity contribution in [3.8, 4) is 0 Å². The summed E-state index contributed by atoms with van der Waals surface area (Å²) < 4.78 is 37.9. The molecule has 0 fully saturated rings. The van der Waals surface area contributed by atoms with Crippen molar-refractivity contribution in [1.29, 1.82) is 0 Å². The van der Waals surface area contributed by atoms with Crippen molar-refractivity contribution in [3.63, 3.8) is 0 Å². The second kappa shape index (κ2) is 4.37. The average molecular weight is 336 g/mol. The molecule has 0 aliphatic rings. The molecule has 0 aliphatic heterocycles. The Bertz CT molecular complexity index is 736. The molecule has 4 nitrogen and oxygen atoms in total. The van der Waals surface area contributed by atoms with Crippen LogP contribution in [0.3, 0.4) is 0 Å². The van der Waals surface area contributed by atoms with Crippen molar-refractivity contribution in [1.82, 2.24) is 4.98 Å². The molecule has 2 aromatic rings. The molecule has 8 heteroatoms. The van der Waals surface area contributed by atoms with Gasteiger partial charge in [0.1, 0.15) is 5.56 Å². The third-order valence-electron chi connectivity index (χ3n) is 2.50. The third kappa shape index (κ3) is 2.35. The van der Waals surface area contributed by atoms with Gasteiger partial charge in [-0.1, -0.05) is 0 Å². The molecular formula is C11H5BrF3NO3. The van der Waals surface area contributed by atoms with E-state index < -0.39 is 28.7 Å². The summed E-state index contributed by atoms with van der Waals surface area (Å²) in [7, 11) is 0. The van der Waals surface area contributed by atoms with Gasteiger partial charge in [-0.15, -0.1) is 0 Å². The molecule has 0 unspecified atom stereocenters. The lowest BCUT2D eigenvalue weighted by molar-refractivity contribution is -0.137. The number of carbonyl (C=O) groups is 1. The second-order valence-corrected chi connectivity index (χ2v) is 4.57. The maximum atomic E-state index is 12.6. The minimum absolute atomic E-state index is 0.0337. The minimum Gasteiger partial charge on any atom is -0.477 e. The fourth-order valence-electron chi connectivity index (χ4n) is 1.61. The predicted octanol–water partition coefficient (Wildman–Crippen LogP) is 3.01. The normalized spacial score (nSPS) is 11.8. The molecular weight excluding hydrogens is 331 g/mol. The van der Waals surface area contributed by atoms with Crippen molar-refractivity contribution >= 4 is 32.8 Å². The van der Waals surface area contributed by atoms with Crippen LogP contribution >= 0.6 is 15.9 Å². The summed E-state index contributed by atoms with van der Waals surface area (Å²) in [6.45, 7) is 0.